The predicted octanol–water partition coefficient (Wildman–Crippen LogP) is 12.7. The largest absolute Gasteiger partial charge is 0.278 e. The van der Waals surface area contributed by atoms with E-state index in [9.17, 15) is 0 Å². The monoisotopic (exact) mass is 715 g/mol. The van der Waals surface area contributed by atoms with Crippen LogP contribution in [0.15, 0.2) is 200 Å². The maximum atomic E-state index is 5.30. The Morgan fingerprint density at radius 2 is 0.554 bits per heavy atom. The first kappa shape index (κ1) is 31.9. The zero-order valence-electron chi connectivity index (χ0n) is 30.3. The Bertz CT molecular complexity index is 3030. The minimum atomic E-state index is 0.565. The molecule has 11 rings (SSSR count). The third kappa shape index (κ3) is 5.29. The Kier molecular flexibility index (Phi) is 7.42. The molecule has 11 aromatic rings. The van der Waals surface area contributed by atoms with Crippen LogP contribution >= 0.6 is 0 Å². The van der Waals surface area contributed by atoms with Gasteiger partial charge < -0.3 is 0 Å². The van der Waals surface area contributed by atoms with Gasteiger partial charge in [0.2, 0.25) is 11.9 Å². The quantitative estimate of drug-likeness (QED) is 0.172. The summed E-state index contributed by atoms with van der Waals surface area (Å²) in [6.45, 7) is 0. The molecule has 0 spiro atoms. The molecule has 0 fully saturated rings. The van der Waals surface area contributed by atoms with Gasteiger partial charge in [0.05, 0.1) is 22.1 Å². The zero-order valence-corrected chi connectivity index (χ0v) is 30.3. The smallest absolute Gasteiger partial charge is 0.240 e. The van der Waals surface area contributed by atoms with Crippen LogP contribution in [0.4, 0.5) is 0 Å². The summed E-state index contributed by atoms with van der Waals surface area (Å²) >= 11 is 0. The summed E-state index contributed by atoms with van der Waals surface area (Å²) in [4.78, 5) is 15.9. The molecule has 0 atom stereocenters. The SMILES string of the molecule is c1ccc(-c2cccc(-c3cccc(-c4cccc(-c5nc(-n6c7ccccc7c7ccccc76)nc(-n6c7ccccc7c7ccccc76)n5)c4)c3)c2)cc1. The van der Waals surface area contributed by atoms with Gasteiger partial charge in [0.25, 0.3) is 0 Å². The van der Waals surface area contributed by atoms with Crippen LogP contribution in [0, 0.1) is 0 Å². The second-order valence-electron chi connectivity index (χ2n) is 14.1. The van der Waals surface area contributed by atoms with Crippen LogP contribution in [0.5, 0.6) is 0 Å². The van der Waals surface area contributed by atoms with Gasteiger partial charge in [-0.15, -0.1) is 0 Å². The molecule has 0 aliphatic carbocycles. The van der Waals surface area contributed by atoms with Gasteiger partial charge in [-0.3, -0.25) is 9.13 Å². The van der Waals surface area contributed by atoms with E-state index in [0.29, 0.717) is 17.7 Å². The van der Waals surface area contributed by atoms with E-state index in [2.05, 4.69) is 209 Å². The van der Waals surface area contributed by atoms with Crippen LogP contribution in [-0.2, 0) is 0 Å². The molecule has 0 aliphatic heterocycles. The predicted molar refractivity (Wildman–Crippen MR) is 230 cm³/mol. The minimum absolute atomic E-state index is 0.565. The number of para-hydroxylation sites is 4. The van der Waals surface area contributed by atoms with Crippen molar-refractivity contribution in [2.75, 3.05) is 0 Å². The third-order valence-electron chi connectivity index (χ3n) is 10.8. The normalized spacial score (nSPS) is 11.6. The molecule has 0 saturated carbocycles. The van der Waals surface area contributed by atoms with Gasteiger partial charge in [-0.25, -0.2) is 0 Å². The first-order valence-corrected chi connectivity index (χ1v) is 18.9. The molecular weight excluding hydrogens is 683 g/mol. The maximum Gasteiger partial charge on any atom is 0.240 e. The van der Waals surface area contributed by atoms with Crippen molar-refractivity contribution in [3.05, 3.63) is 200 Å². The first-order valence-electron chi connectivity index (χ1n) is 18.9. The number of hydrogen-bond acceptors (Lipinski definition) is 3. The van der Waals surface area contributed by atoms with Crippen molar-refractivity contribution in [1.82, 2.24) is 24.1 Å². The van der Waals surface area contributed by atoms with Gasteiger partial charge in [-0.05, 0) is 75.8 Å². The molecule has 0 amide bonds. The van der Waals surface area contributed by atoms with Gasteiger partial charge >= 0.3 is 0 Å². The fraction of sp³-hybridized carbons (Fsp3) is 0. The molecule has 0 bridgehead atoms. The van der Waals surface area contributed by atoms with E-state index in [1.54, 1.807) is 0 Å². The Morgan fingerprint density at radius 1 is 0.250 bits per heavy atom. The Morgan fingerprint density at radius 3 is 0.964 bits per heavy atom. The van der Waals surface area contributed by atoms with Gasteiger partial charge in [0, 0.05) is 27.1 Å². The molecule has 5 heteroatoms. The molecule has 0 saturated heterocycles. The Hall–Kier alpha value is -7.63. The van der Waals surface area contributed by atoms with Gasteiger partial charge in [0.15, 0.2) is 5.82 Å². The number of rotatable bonds is 6. The summed E-state index contributed by atoms with van der Waals surface area (Å²) in [7, 11) is 0. The summed E-state index contributed by atoms with van der Waals surface area (Å²) in [5.74, 6) is 1.73. The molecule has 56 heavy (non-hydrogen) atoms. The van der Waals surface area contributed by atoms with Crippen LogP contribution < -0.4 is 0 Å². The van der Waals surface area contributed by atoms with Crippen LogP contribution in [0.2, 0.25) is 0 Å². The van der Waals surface area contributed by atoms with Crippen LogP contribution in [0.3, 0.4) is 0 Å². The molecule has 5 nitrogen and oxygen atoms in total. The Labute approximate surface area is 323 Å². The Balaban J connectivity index is 1.10. The maximum absolute atomic E-state index is 5.30. The minimum Gasteiger partial charge on any atom is -0.278 e. The molecule has 0 radical (unpaired) electrons. The fourth-order valence-corrected chi connectivity index (χ4v) is 8.18. The first-order chi connectivity index (χ1) is 27.8. The van der Waals surface area contributed by atoms with Crippen molar-refractivity contribution < 1.29 is 0 Å². The lowest BCUT2D eigenvalue weighted by atomic mass is 9.96. The number of benzene rings is 8. The van der Waals surface area contributed by atoms with Gasteiger partial charge in [0.1, 0.15) is 0 Å². The second-order valence-corrected chi connectivity index (χ2v) is 14.1. The van der Waals surface area contributed by atoms with Crippen molar-refractivity contribution in [2.45, 2.75) is 0 Å². The molecule has 0 N–H and O–H groups in total. The number of aromatic nitrogens is 5. The number of hydrogen-bond donors (Lipinski definition) is 0. The van der Waals surface area contributed by atoms with Crippen molar-refractivity contribution in [1.29, 1.82) is 0 Å². The van der Waals surface area contributed by atoms with E-state index in [1.165, 1.54) is 16.7 Å². The molecular formula is C51H33N5. The summed E-state index contributed by atoms with van der Waals surface area (Å²) in [6.07, 6.45) is 0. The van der Waals surface area contributed by atoms with E-state index in [-0.39, 0.29) is 0 Å². The molecule has 3 aromatic heterocycles. The molecule has 8 aromatic carbocycles. The fourth-order valence-electron chi connectivity index (χ4n) is 8.18. The lowest BCUT2D eigenvalue weighted by Gasteiger charge is -2.13. The summed E-state index contributed by atoms with van der Waals surface area (Å²) < 4.78 is 4.34. The molecule has 0 aliphatic rings. The number of fused-ring (bicyclic) bond motifs is 6. The van der Waals surface area contributed by atoms with Crippen LogP contribution in [0.25, 0.3) is 100 Å². The van der Waals surface area contributed by atoms with Crippen molar-refractivity contribution in [3.8, 4) is 56.7 Å². The standard InChI is InChI=1S/C51H33N5/c1-2-15-34(16-3-1)35-17-12-18-36(31-35)37-19-13-20-38(32-37)39-21-14-22-40(33-39)49-52-50(55-45-27-8-4-23-41(45)42-24-5-9-28-46(42)55)54-51(53-49)56-47-29-10-6-25-43(47)44-26-7-11-30-48(44)56/h1-33H. The van der Waals surface area contributed by atoms with E-state index in [4.69, 9.17) is 15.0 Å². The van der Waals surface area contributed by atoms with E-state index >= 15 is 0 Å². The third-order valence-corrected chi connectivity index (χ3v) is 10.8. The van der Waals surface area contributed by atoms with Gasteiger partial charge in [-0.2, -0.15) is 15.0 Å². The highest BCUT2D eigenvalue weighted by atomic mass is 15.3. The molecule has 3 heterocycles. The number of nitrogens with zero attached hydrogens (tertiary/aromatic N) is 5. The lowest BCUT2D eigenvalue weighted by Crippen LogP contribution is -2.10. The van der Waals surface area contributed by atoms with Crippen molar-refractivity contribution in [2.24, 2.45) is 0 Å². The van der Waals surface area contributed by atoms with Gasteiger partial charge in [-0.1, -0.05) is 158 Å². The van der Waals surface area contributed by atoms with Crippen LogP contribution in [-0.4, -0.2) is 24.1 Å². The van der Waals surface area contributed by atoms with Crippen molar-refractivity contribution in [3.63, 3.8) is 0 Å². The second kappa shape index (κ2) is 13.0. The highest BCUT2D eigenvalue weighted by Crippen LogP contribution is 2.36. The highest BCUT2D eigenvalue weighted by molar-refractivity contribution is 6.10. The van der Waals surface area contributed by atoms with E-state index in [1.807, 2.05) is 0 Å². The lowest BCUT2D eigenvalue weighted by molar-refractivity contribution is 0.893. The van der Waals surface area contributed by atoms with Crippen molar-refractivity contribution >= 4 is 43.6 Å². The average Bonchev–Trinajstić information content (AvgIpc) is 3.80. The average molecular weight is 716 g/mol. The summed E-state index contributed by atoms with van der Waals surface area (Å²) in [5.41, 5.74) is 12.0. The van der Waals surface area contributed by atoms with E-state index in [0.717, 1.165) is 65.9 Å². The zero-order chi connectivity index (χ0) is 37.0. The topological polar surface area (TPSA) is 48.5 Å². The van der Waals surface area contributed by atoms with Crippen LogP contribution in [0.1, 0.15) is 0 Å². The highest BCUT2D eigenvalue weighted by Gasteiger charge is 2.20. The molecule has 262 valence electrons. The summed E-state index contributed by atoms with van der Waals surface area (Å²) in [6, 6.07) is 70.4. The van der Waals surface area contributed by atoms with E-state index < -0.39 is 0 Å². The molecule has 0 unspecified atom stereocenters. The summed E-state index contributed by atoms with van der Waals surface area (Å²) in [5, 5.41) is 4.61.